The molecule has 0 spiro atoms. The number of unbranched alkanes of at least 4 members (excludes halogenated alkanes) is 1. The molecule has 1 fully saturated rings. The van der Waals surface area contributed by atoms with Crippen LogP contribution in [-0.2, 0) is 4.79 Å². The Bertz CT molecular complexity index is 453. The Hall–Kier alpha value is -1.29. The number of likely N-dealkylation sites (tertiary alicyclic amines) is 1. The number of rotatable bonds is 5. The summed E-state index contributed by atoms with van der Waals surface area (Å²) in [5, 5.41) is 0.516. The molecule has 1 unspecified atom stereocenters. The van der Waals surface area contributed by atoms with E-state index in [4.69, 9.17) is 16.3 Å². The molecule has 1 aliphatic heterocycles. The third-order valence-corrected chi connectivity index (χ3v) is 3.79. The van der Waals surface area contributed by atoms with Crippen LogP contribution in [0.4, 0.5) is 0 Å². The van der Waals surface area contributed by atoms with Crippen molar-refractivity contribution in [2.24, 2.45) is 0 Å². The van der Waals surface area contributed by atoms with Crippen molar-refractivity contribution >= 4 is 17.5 Å². The topological polar surface area (TPSA) is 42.4 Å². The van der Waals surface area contributed by atoms with Crippen molar-refractivity contribution in [1.82, 2.24) is 9.88 Å². The molecule has 5 heteroatoms. The van der Waals surface area contributed by atoms with Gasteiger partial charge >= 0.3 is 0 Å². The fraction of sp³-hybridized carbons (Fsp3) is 0.600. The van der Waals surface area contributed by atoms with E-state index in [0.29, 0.717) is 23.7 Å². The number of hydrogen-bond donors (Lipinski definition) is 0. The highest BCUT2D eigenvalue weighted by Gasteiger charge is 2.24. The number of aromatic nitrogens is 1. The molecule has 0 N–H and O–H groups in total. The highest BCUT2D eigenvalue weighted by molar-refractivity contribution is 6.31. The molecule has 0 bridgehead atoms. The predicted octanol–water partition coefficient (Wildman–Crippen LogP) is 3.30. The van der Waals surface area contributed by atoms with E-state index in [0.717, 1.165) is 32.2 Å². The smallest absolute Gasteiger partial charge is 0.222 e. The van der Waals surface area contributed by atoms with E-state index in [-0.39, 0.29) is 12.0 Å². The number of hydrogen-bond acceptors (Lipinski definition) is 3. The van der Waals surface area contributed by atoms with Crippen molar-refractivity contribution in [3.63, 3.8) is 0 Å². The largest absolute Gasteiger partial charge is 0.487 e. The number of carbonyl (C=O) groups is 1. The third kappa shape index (κ3) is 4.10. The fourth-order valence-electron chi connectivity index (χ4n) is 2.38. The zero-order valence-electron chi connectivity index (χ0n) is 11.8. The van der Waals surface area contributed by atoms with Crippen molar-refractivity contribution in [1.29, 1.82) is 0 Å². The summed E-state index contributed by atoms with van der Waals surface area (Å²) < 4.78 is 5.91. The summed E-state index contributed by atoms with van der Waals surface area (Å²) >= 11 is 6.04. The highest BCUT2D eigenvalue weighted by atomic mass is 35.5. The summed E-state index contributed by atoms with van der Waals surface area (Å²) in [5.74, 6) is 0.885. The zero-order chi connectivity index (χ0) is 14.4. The molecule has 1 aromatic heterocycles. The molecular weight excluding hydrogens is 276 g/mol. The van der Waals surface area contributed by atoms with E-state index in [1.54, 1.807) is 18.5 Å². The quantitative estimate of drug-likeness (QED) is 0.837. The lowest BCUT2D eigenvalue weighted by atomic mass is 10.1. The van der Waals surface area contributed by atoms with Gasteiger partial charge in [-0.25, -0.2) is 0 Å². The van der Waals surface area contributed by atoms with E-state index < -0.39 is 0 Å². The average molecular weight is 297 g/mol. The molecule has 1 amide bonds. The summed E-state index contributed by atoms with van der Waals surface area (Å²) in [4.78, 5) is 17.9. The Kier molecular flexibility index (Phi) is 5.65. The molecule has 1 aliphatic rings. The summed E-state index contributed by atoms with van der Waals surface area (Å²) in [6, 6.07) is 1.76. The number of amides is 1. The number of halogens is 1. The minimum absolute atomic E-state index is 0.0224. The molecule has 2 rings (SSSR count). The molecular formula is C15H21ClN2O2. The monoisotopic (exact) mass is 296 g/mol. The number of nitrogens with zero attached hydrogens (tertiary/aromatic N) is 2. The molecule has 2 heterocycles. The van der Waals surface area contributed by atoms with Gasteiger partial charge in [-0.1, -0.05) is 24.9 Å². The van der Waals surface area contributed by atoms with Gasteiger partial charge in [0.1, 0.15) is 16.9 Å². The molecule has 20 heavy (non-hydrogen) atoms. The van der Waals surface area contributed by atoms with Crippen molar-refractivity contribution < 1.29 is 9.53 Å². The van der Waals surface area contributed by atoms with Crippen molar-refractivity contribution in [2.45, 2.75) is 45.1 Å². The van der Waals surface area contributed by atoms with Crippen molar-refractivity contribution in [2.75, 3.05) is 13.1 Å². The van der Waals surface area contributed by atoms with Crippen LogP contribution < -0.4 is 4.74 Å². The van der Waals surface area contributed by atoms with Crippen LogP contribution in [0.1, 0.15) is 39.0 Å². The summed E-state index contributed by atoms with van der Waals surface area (Å²) in [6.07, 6.45) is 7.83. The van der Waals surface area contributed by atoms with Gasteiger partial charge < -0.3 is 9.64 Å². The third-order valence-electron chi connectivity index (χ3n) is 3.50. The molecule has 0 aliphatic carbocycles. The maximum absolute atomic E-state index is 12.1. The van der Waals surface area contributed by atoms with Gasteiger partial charge in [0.15, 0.2) is 0 Å². The molecule has 0 aromatic carbocycles. The second-order valence-electron chi connectivity index (χ2n) is 5.13. The minimum atomic E-state index is 0.0224. The fourth-order valence-corrected chi connectivity index (χ4v) is 2.55. The van der Waals surface area contributed by atoms with Crippen LogP contribution in [0.2, 0.25) is 5.02 Å². The standard InChI is InChI=1S/C15H21ClN2O2/c1-2-3-6-15(19)18-9-4-5-12(11-18)20-14-7-8-17-10-13(14)16/h7-8,10,12H,2-6,9,11H2,1H3. The van der Waals surface area contributed by atoms with Gasteiger partial charge in [0.25, 0.3) is 0 Å². The van der Waals surface area contributed by atoms with Gasteiger partial charge in [-0.2, -0.15) is 0 Å². The van der Waals surface area contributed by atoms with E-state index >= 15 is 0 Å². The lowest BCUT2D eigenvalue weighted by Gasteiger charge is -2.33. The first-order chi connectivity index (χ1) is 9.70. The van der Waals surface area contributed by atoms with Gasteiger partial charge in [-0.05, 0) is 19.3 Å². The van der Waals surface area contributed by atoms with Crippen LogP contribution in [0.25, 0.3) is 0 Å². The minimum Gasteiger partial charge on any atom is -0.487 e. The van der Waals surface area contributed by atoms with Crippen LogP contribution in [0.3, 0.4) is 0 Å². The predicted molar refractivity (Wildman–Crippen MR) is 79.0 cm³/mol. The first-order valence-electron chi connectivity index (χ1n) is 7.24. The maximum atomic E-state index is 12.1. The second-order valence-corrected chi connectivity index (χ2v) is 5.54. The first-order valence-corrected chi connectivity index (χ1v) is 7.62. The van der Waals surface area contributed by atoms with Crippen LogP contribution in [0.15, 0.2) is 18.5 Å². The molecule has 110 valence electrons. The Labute approximate surface area is 125 Å². The highest BCUT2D eigenvalue weighted by Crippen LogP contribution is 2.25. The van der Waals surface area contributed by atoms with Gasteiger partial charge in [0, 0.05) is 31.4 Å². The van der Waals surface area contributed by atoms with E-state index in [9.17, 15) is 4.79 Å². The van der Waals surface area contributed by atoms with Crippen molar-refractivity contribution in [3.05, 3.63) is 23.5 Å². The lowest BCUT2D eigenvalue weighted by molar-refractivity contribution is -0.133. The van der Waals surface area contributed by atoms with E-state index in [1.165, 1.54) is 0 Å². The molecule has 0 saturated carbocycles. The number of piperidine rings is 1. The summed E-state index contributed by atoms with van der Waals surface area (Å²) in [5.41, 5.74) is 0. The van der Waals surface area contributed by atoms with Gasteiger partial charge in [-0.15, -0.1) is 0 Å². The Balaban J connectivity index is 1.90. The maximum Gasteiger partial charge on any atom is 0.222 e. The van der Waals surface area contributed by atoms with E-state index in [1.807, 2.05) is 4.90 Å². The van der Waals surface area contributed by atoms with Gasteiger partial charge in [0.05, 0.1) is 6.54 Å². The molecule has 4 nitrogen and oxygen atoms in total. The summed E-state index contributed by atoms with van der Waals surface area (Å²) in [6.45, 7) is 3.59. The van der Waals surface area contributed by atoms with Crippen LogP contribution in [-0.4, -0.2) is 35.0 Å². The lowest BCUT2D eigenvalue weighted by Crippen LogP contribution is -2.44. The number of carbonyl (C=O) groups excluding carboxylic acids is 1. The van der Waals surface area contributed by atoms with Crippen LogP contribution in [0.5, 0.6) is 5.75 Å². The van der Waals surface area contributed by atoms with Crippen LogP contribution in [0, 0.1) is 0 Å². The second kappa shape index (κ2) is 7.48. The Morgan fingerprint density at radius 1 is 1.60 bits per heavy atom. The Morgan fingerprint density at radius 3 is 3.20 bits per heavy atom. The average Bonchev–Trinajstić information content (AvgIpc) is 2.47. The Morgan fingerprint density at radius 2 is 2.45 bits per heavy atom. The van der Waals surface area contributed by atoms with Gasteiger partial charge in [0.2, 0.25) is 5.91 Å². The normalized spacial score (nSPS) is 18.9. The first kappa shape index (κ1) is 15.1. The van der Waals surface area contributed by atoms with E-state index in [2.05, 4.69) is 11.9 Å². The molecule has 1 saturated heterocycles. The summed E-state index contributed by atoms with van der Waals surface area (Å²) in [7, 11) is 0. The van der Waals surface area contributed by atoms with Crippen molar-refractivity contribution in [3.8, 4) is 5.75 Å². The SMILES string of the molecule is CCCCC(=O)N1CCCC(Oc2ccncc2Cl)C1. The van der Waals surface area contributed by atoms with Crippen LogP contribution >= 0.6 is 11.6 Å². The zero-order valence-corrected chi connectivity index (χ0v) is 12.6. The van der Waals surface area contributed by atoms with Gasteiger partial charge in [-0.3, -0.25) is 9.78 Å². The number of pyridine rings is 1. The number of ether oxygens (including phenoxy) is 1. The molecule has 1 atom stereocenters. The molecule has 0 radical (unpaired) electrons. The molecule has 1 aromatic rings.